The van der Waals surface area contributed by atoms with Gasteiger partial charge in [-0.1, -0.05) is 11.6 Å². The Bertz CT molecular complexity index is 1050. The third-order valence-corrected chi connectivity index (χ3v) is 7.58. The number of piperazine rings is 1. The van der Waals surface area contributed by atoms with Gasteiger partial charge in [-0.05, 0) is 29.8 Å². The van der Waals surface area contributed by atoms with E-state index in [0.717, 1.165) is 5.56 Å². The molecule has 8 nitrogen and oxygen atoms in total. The van der Waals surface area contributed by atoms with E-state index in [9.17, 15) is 8.42 Å². The van der Waals surface area contributed by atoms with Crippen molar-refractivity contribution in [1.29, 1.82) is 0 Å². The van der Waals surface area contributed by atoms with Crippen LogP contribution in [0.5, 0.6) is 23.0 Å². The Balaban J connectivity index is 1.45. The number of ether oxygens (including phenoxy) is 4. The van der Waals surface area contributed by atoms with Gasteiger partial charge in [0, 0.05) is 38.8 Å². The van der Waals surface area contributed by atoms with Gasteiger partial charge in [-0.2, -0.15) is 4.31 Å². The third kappa shape index (κ3) is 4.55. The molecule has 0 atom stereocenters. The van der Waals surface area contributed by atoms with E-state index in [1.54, 1.807) is 12.1 Å². The Morgan fingerprint density at radius 1 is 1.00 bits per heavy atom. The molecule has 0 saturated carbocycles. The summed E-state index contributed by atoms with van der Waals surface area (Å²) in [5, 5.41) is 0.526. The number of hydrogen-bond acceptors (Lipinski definition) is 7. The Labute approximate surface area is 187 Å². The molecule has 2 aromatic rings. The van der Waals surface area contributed by atoms with Crippen molar-refractivity contribution in [3.05, 3.63) is 40.9 Å². The number of fused-ring (bicyclic) bond motifs is 1. The van der Waals surface area contributed by atoms with Crippen molar-refractivity contribution in [1.82, 2.24) is 9.21 Å². The second-order valence-corrected chi connectivity index (χ2v) is 9.61. The highest BCUT2D eigenvalue weighted by molar-refractivity contribution is 7.89. The van der Waals surface area contributed by atoms with Gasteiger partial charge < -0.3 is 18.9 Å². The molecule has 168 valence electrons. The van der Waals surface area contributed by atoms with Crippen molar-refractivity contribution in [2.24, 2.45) is 0 Å². The second-order valence-electron chi connectivity index (χ2n) is 7.30. The maximum absolute atomic E-state index is 13.2. The average Bonchev–Trinajstić information content (AvgIpc) is 2.79. The van der Waals surface area contributed by atoms with E-state index in [1.165, 1.54) is 24.6 Å². The van der Waals surface area contributed by atoms with Gasteiger partial charge in [0.15, 0.2) is 11.5 Å². The molecule has 0 amide bonds. The molecule has 1 fully saturated rings. The summed E-state index contributed by atoms with van der Waals surface area (Å²) in [6.45, 7) is 3.57. The van der Waals surface area contributed by atoms with Crippen LogP contribution in [0.2, 0.25) is 5.02 Å². The highest BCUT2D eigenvalue weighted by Gasteiger charge is 2.31. The molecule has 0 N–H and O–H groups in total. The molecule has 0 spiro atoms. The zero-order valence-corrected chi connectivity index (χ0v) is 19.0. The largest absolute Gasteiger partial charge is 0.497 e. The van der Waals surface area contributed by atoms with Gasteiger partial charge in [0.1, 0.15) is 29.6 Å². The molecule has 2 aliphatic heterocycles. The fourth-order valence-electron chi connectivity index (χ4n) is 3.77. The van der Waals surface area contributed by atoms with Crippen molar-refractivity contribution in [3.63, 3.8) is 0 Å². The van der Waals surface area contributed by atoms with Crippen LogP contribution in [0.1, 0.15) is 5.56 Å². The fourth-order valence-corrected chi connectivity index (χ4v) is 5.65. The number of methoxy groups -OCH3 is 2. The van der Waals surface area contributed by atoms with Gasteiger partial charge in [0.25, 0.3) is 0 Å². The van der Waals surface area contributed by atoms with Crippen LogP contribution in [0.25, 0.3) is 0 Å². The first kappa shape index (κ1) is 22.0. The van der Waals surface area contributed by atoms with Crippen LogP contribution >= 0.6 is 11.6 Å². The summed E-state index contributed by atoms with van der Waals surface area (Å²) in [5.74, 6) is 2.00. The molecule has 0 unspecified atom stereocenters. The number of nitrogens with zero attached hydrogens (tertiary/aromatic N) is 2. The molecule has 4 rings (SSSR count). The van der Waals surface area contributed by atoms with E-state index in [-0.39, 0.29) is 4.90 Å². The standard InChI is InChI=1S/C21H25ClN2O6S/c1-27-16-3-4-18(28-2)20(13-16)31(25,26)24-7-5-23(6-8-24)14-15-11-17(22)21-19(12-15)29-9-10-30-21/h3-4,11-13H,5-10,14H2,1-2H3. The topological polar surface area (TPSA) is 77.5 Å². The van der Waals surface area contributed by atoms with Gasteiger partial charge in [-0.15, -0.1) is 0 Å². The summed E-state index contributed by atoms with van der Waals surface area (Å²) in [5.41, 5.74) is 1.00. The predicted molar refractivity (Wildman–Crippen MR) is 116 cm³/mol. The number of rotatable bonds is 6. The molecule has 2 aromatic carbocycles. The maximum Gasteiger partial charge on any atom is 0.246 e. The van der Waals surface area contributed by atoms with Crippen LogP contribution in [-0.2, 0) is 16.6 Å². The van der Waals surface area contributed by atoms with Crippen LogP contribution in [0.4, 0.5) is 0 Å². The zero-order valence-electron chi connectivity index (χ0n) is 17.5. The molecular formula is C21H25ClN2O6S. The number of sulfonamides is 1. The normalized spacial score (nSPS) is 17.4. The van der Waals surface area contributed by atoms with E-state index in [0.29, 0.717) is 74.0 Å². The third-order valence-electron chi connectivity index (χ3n) is 5.38. The monoisotopic (exact) mass is 468 g/mol. The molecule has 0 bridgehead atoms. The lowest BCUT2D eigenvalue weighted by Gasteiger charge is -2.34. The summed E-state index contributed by atoms with van der Waals surface area (Å²) >= 11 is 6.34. The lowest BCUT2D eigenvalue weighted by Crippen LogP contribution is -2.48. The van der Waals surface area contributed by atoms with Crippen LogP contribution < -0.4 is 18.9 Å². The lowest BCUT2D eigenvalue weighted by atomic mass is 10.1. The quantitative estimate of drug-likeness (QED) is 0.645. The van der Waals surface area contributed by atoms with Crippen molar-refractivity contribution >= 4 is 21.6 Å². The Morgan fingerprint density at radius 3 is 2.45 bits per heavy atom. The van der Waals surface area contributed by atoms with Crippen LogP contribution in [0.15, 0.2) is 35.2 Å². The van der Waals surface area contributed by atoms with Gasteiger partial charge in [0.05, 0.1) is 19.2 Å². The maximum atomic E-state index is 13.2. The van der Waals surface area contributed by atoms with E-state index < -0.39 is 10.0 Å². The van der Waals surface area contributed by atoms with Crippen LogP contribution in [-0.4, -0.2) is 71.2 Å². The SMILES string of the molecule is COc1ccc(OC)c(S(=O)(=O)N2CCN(Cc3cc(Cl)c4c(c3)OCCO4)CC2)c1. The number of benzene rings is 2. The summed E-state index contributed by atoms with van der Waals surface area (Å²) in [6.07, 6.45) is 0. The Hall–Kier alpha value is -2.20. The average molecular weight is 469 g/mol. The molecule has 0 aromatic heterocycles. The van der Waals surface area contributed by atoms with E-state index in [1.807, 2.05) is 12.1 Å². The minimum Gasteiger partial charge on any atom is -0.497 e. The van der Waals surface area contributed by atoms with Crippen molar-refractivity contribution in [3.8, 4) is 23.0 Å². The minimum atomic E-state index is -3.71. The van der Waals surface area contributed by atoms with Gasteiger partial charge in [0.2, 0.25) is 10.0 Å². The van der Waals surface area contributed by atoms with Crippen molar-refractivity contribution in [2.45, 2.75) is 11.4 Å². The highest BCUT2D eigenvalue weighted by Crippen LogP contribution is 2.38. The molecule has 1 saturated heterocycles. The highest BCUT2D eigenvalue weighted by atomic mass is 35.5. The van der Waals surface area contributed by atoms with E-state index in [4.69, 9.17) is 30.5 Å². The lowest BCUT2D eigenvalue weighted by molar-refractivity contribution is 0.169. The van der Waals surface area contributed by atoms with Gasteiger partial charge in [-0.3, -0.25) is 4.90 Å². The van der Waals surface area contributed by atoms with E-state index >= 15 is 0 Å². The first-order valence-corrected chi connectivity index (χ1v) is 11.8. The second kappa shape index (κ2) is 9.12. The zero-order chi connectivity index (χ0) is 22.0. The summed E-state index contributed by atoms with van der Waals surface area (Å²) in [7, 11) is -0.752. The van der Waals surface area contributed by atoms with Crippen molar-refractivity contribution < 1.29 is 27.4 Å². The first-order valence-electron chi connectivity index (χ1n) is 9.95. The van der Waals surface area contributed by atoms with E-state index in [2.05, 4.69) is 4.90 Å². The Kier molecular flexibility index (Phi) is 6.47. The molecule has 0 radical (unpaired) electrons. The van der Waals surface area contributed by atoms with Crippen LogP contribution in [0, 0.1) is 0 Å². The fraction of sp³-hybridized carbons (Fsp3) is 0.429. The minimum absolute atomic E-state index is 0.112. The smallest absolute Gasteiger partial charge is 0.246 e. The van der Waals surface area contributed by atoms with Gasteiger partial charge >= 0.3 is 0 Å². The summed E-state index contributed by atoms with van der Waals surface area (Å²) < 4.78 is 49.6. The molecular weight excluding hydrogens is 444 g/mol. The molecule has 0 aliphatic carbocycles. The van der Waals surface area contributed by atoms with Crippen LogP contribution in [0.3, 0.4) is 0 Å². The number of halogens is 1. The Morgan fingerprint density at radius 2 is 1.74 bits per heavy atom. The van der Waals surface area contributed by atoms with Gasteiger partial charge in [-0.25, -0.2) is 8.42 Å². The number of hydrogen-bond donors (Lipinski definition) is 0. The molecule has 2 aliphatic rings. The van der Waals surface area contributed by atoms with Crippen molar-refractivity contribution in [2.75, 3.05) is 53.6 Å². The molecule has 10 heteroatoms. The summed E-state index contributed by atoms with van der Waals surface area (Å²) in [6, 6.07) is 8.59. The molecule has 31 heavy (non-hydrogen) atoms. The summed E-state index contributed by atoms with van der Waals surface area (Å²) in [4.78, 5) is 2.30. The predicted octanol–water partition coefficient (Wildman–Crippen LogP) is 2.63. The first-order chi connectivity index (χ1) is 14.9. The molecule has 2 heterocycles.